The Hall–Kier alpha value is -1.47. The molecule has 6 nitrogen and oxygen atoms in total. The highest BCUT2D eigenvalue weighted by atomic mass is 32.1. The molecule has 0 radical (unpaired) electrons. The highest BCUT2D eigenvalue weighted by Gasteiger charge is 2.61. The summed E-state index contributed by atoms with van der Waals surface area (Å²) in [7, 11) is 2.07. The van der Waals surface area contributed by atoms with E-state index in [-0.39, 0.29) is 11.0 Å². The molecule has 1 saturated carbocycles. The van der Waals surface area contributed by atoms with Crippen molar-refractivity contribution in [1.29, 1.82) is 0 Å². The summed E-state index contributed by atoms with van der Waals surface area (Å²) in [5.41, 5.74) is 0.819. The van der Waals surface area contributed by atoms with Gasteiger partial charge in [-0.25, -0.2) is 4.98 Å². The number of hydrogen-bond acceptors (Lipinski definition) is 6. The smallest absolute Gasteiger partial charge is 0.275 e. The van der Waals surface area contributed by atoms with Crippen LogP contribution in [0.15, 0.2) is 10.9 Å². The van der Waals surface area contributed by atoms with Crippen LogP contribution in [0.2, 0.25) is 0 Å². The molecule has 7 heteroatoms. The molecule has 2 fully saturated rings. The maximum atomic E-state index is 12.2. The number of ether oxygens (including phenoxy) is 1. The Labute approximate surface area is 139 Å². The van der Waals surface area contributed by atoms with Crippen molar-refractivity contribution in [2.75, 3.05) is 18.6 Å². The van der Waals surface area contributed by atoms with Crippen molar-refractivity contribution < 1.29 is 4.74 Å². The van der Waals surface area contributed by atoms with E-state index in [1.54, 1.807) is 6.07 Å². The summed E-state index contributed by atoms with van der Waals surface area (Å²) in [6.45, 7) is 7.37. The van der Waals surface area contributed by atoms with Crippen molar-refractivity contribution in [1.82, 2.24) is 14.6 Å². The van der Waals surface area contributed by atoms with Crippen LogP contribution in [-0.4, -0.2) is 40.4 Å². The van der Waals surface area contributed by atoms with Crippen LogP contribution in [0.5, 0.6) is 0 Å². The maximum absolute atomic E-state index is 12.2. The summed E-state index contributed by atoms with van der Waals surface area (Å²) < 4.78 is 7.30. The second-order valence-electron chi connectivity index (χ2n) is 7.14. The van der Waals surface area contributed by atoms with Gasteiger partial charge in [-0.15, -0.1) is 5.10 Å². The molecule has 3 atom stereocenters. The minimum absolute atomic E-state index is 0.0980. The molecule has 1 saturated heterocycles. The van der Waals surface area contributed by atoms with Crippen molar-refractivity contribution in [2.24, 2.45) is 11.3 Å². The molecule has 3 heterocycles. The van der Waals surface area contributed by atoms with E-state index in [1.165, 1.54) is 15.9 Å². The Bertz CT molecular complexity index is 812. The van der Waals surface area contributed by atoms with Crippen LogP contribution in [0, 0.1) is 11.3 Å². The second-order valence-corrected chi connectivity index (χ2v) is 8.07. The van der Waals surface area contributed by atoms with E-state index in [1.807, 2.05) is 6.92 Å². The highest BCUT2D eigenvalue weighted by molar-refractivity contribution is 7.20. The molecule has 23 heavy (non-hydrogen) atoms. The number of aromatic nitrogens is 3. The number of fused-ring (bicyclic) bond motifs is 2. The van der Waals surface area contributed by atoms with Gasteiger partial charge in [-0.3, -0.25) is 4.79 Å². The summed E-state index contributed by atoms with van der Waals surface area (Å²) in [6, 6.07) is 1.96. The molecular weight excluding hydrogens is 312 g/mol. The zero-order valence-electron chi connectivity index (χ0n) is 13.9. The first-order chi connectivity index (χ1) is 10.9. The van der Waals surface area contributed by atoms with Crippen LogP contribution in [0.4, 0.5) is 5.13 Å². The van der Waals surface area contributed by atoms with Gasteiger partial charge >= 0.3 is 0 Å². The molecule has 0 N–H and O–H groups in total. The Morgan fingerprint density at radius 2 is 2.30 bits per heavy atom. The van der Waals surface area contributed by atoms with Gasteiger partial charge in [0.2, 0.25) is 10.1 Å². The van der Waals surface area contributed by atoms with Gasteiger partial charge in [-0.05, 0) is 12.8 Å². The monoisotopic (exact) mass is 334 g/mol. The Balaban J connectivity index is 1.71. The molecule has 0 amide bonds. The molecule has 2 aromatic heterocycles. The molecular formula is C16H22N4O2S. The first-order valence-corrected chi connectivity index (χ1v) is 8.99. The second kappa shape index (κ2) is 5.01. The lowest BCUT2D eigenvalue weighted by Crippen LogP contribution is -2.66. The van der Waals surface area contributed by atoms with Crippen LogP contribution in [0.25, 0.3) is 4.96 Å². The van der Waals surface area contributed by atoms with Gasteiger partial charge in [0, 0.05) is 42.8 Å². The largest absolute Gasteiger partial charge is 0.377 e. The zero-order chi connectivity index (χ0) is 16.4. The molecule has 1 aliphatic heterocycles. The summed E-state index contributed by atoms with van der Waals surface area (Å²) in [4.78, 5) is 19.6. The number of anilines is 1. The fraction of sp³-hybridized carbons (Fsp3) is 0.688. The first kappa shape index (κ1) is 15.1. The minimum Gasteiger partial charge on any atom is -0.377 e. The summed E-state index contributed by atoms with van der Waals surface area (Å²) in [5, 5.41) is 5.37. The summed E-state index contributed by atoms with van der Waals surface area (Å²) in [5.74, 6) is 0.554. The SMILES string of the molecule is CCc1cc(=O)n2nc(N(C)C3C4CCOC4C3(C)C)sc2n1. The number of rotatable bonds is 3. The van der Waals surface area contributed by atoms with E-state index in [0.29, 0.717) is 23.0 Å². The van der Waals surface area contributed by atoms with Gasteiger partial charge in [0.25, 0.3) is 5.56 Å². The topological polar surface area (TPSA) is 59.7 Å². The van der Waals surface area contributed by atoms with Gasteiger partial charge in [0.05, 0.1) is 6.10 Å². The number of aryl methyl sites for hydroxylation is 1. The fourth-order valence-corrected chi connectivity index (χ4v) is 5.30. The molecule has 2 aliphatic rings. The number of hydrogen-bond donors (Lipinski definition) is 0. The van der Waals surface area contributed by atoms with Crippen LogP contribution < -0.4 is 10.5 Å². The molecule has 2 aromatic rings. The Morgan fingerprint density at radius 1 is 1.52 bits per heavy atom. The molecule has 1 aliphatic carbocycles. The Morgan fingerprint density at radius 3 is 3.04 bits per heavy atom. The van der Waals surface area contributed by atoms with Gasteiger partial charge in [-0.1, -0.05) is 32.1 Å². The van der Waals surface area contributed by atoms with E-state index in [2.05, 4.69) is 35.9 Å². The predicted octanol–water partition coefficient (Wildman–Crippen LogP) is 1.96. The minimum atomic E-state index is -0.0994. The normalized spacial score (nSPS) is 28.6. The third kappa shape index (κ3) is 2.06. The van der Waals surface area contributed by atoms with E-state index < -0.39 is 0 Å². The highest BCUT2D eigenvalue weighted by Crippen LogP contribution is 2.55. The van der Waals surface area contributed by atoms with E-state index in [4.69, 9.17) is 4.74 Å². The predicted molar refractivity (Wildman–Crippen MR) is 90.3 cm³/mol. The third-order valence-electron chi connectivity index (χ3n) is 5.41. The van der Waals surface area contributed by atoms with Crippen molar-refractivity contribution in [3.05, 3.63) is 22.1 Å². The fourth-order valence-electron chi connectivity index (χ4n) is 4.37. The van der Waals surface area contributed by atoms with Crippen LogP contribution in [0.1, 0.15) is 32.9 Å². The summed E-state index contributed by atoms with van der Waals surface area (Å²) in [6.07, 6.45) is 2.20. The van der Waals surface area contributed by atoms with Crippen molar-refractivity contribution >= 4 is 21.4 Å². The average molecular weight is 334 g/mol. The van der Waals surface area contributed by atoms with E-state index >= 15 is 0 Å². The molecule has 0 spiro atoms. The lowest BCUT2D eigenvalue weighted by Gasteiger charge is -2.57. The van der Waals surface area contributed by atoms with Crippen LogP contribution >= 0.6 is 11.3 Å². The van der Waals surface area contributed by atoms with E-state index in [0.717, 1.165) is 30.3 Å². The first-order valence-electron chi connectivity index (χ1n) is 8.17. The standard InChI is InChI=1S/C16H22N4O2S/c1-5-9-8-11(21)20-14(17-9)23-15(18-20)19(4)12-10-6-7-22-13(10)16(12,2)3/h8,10,12-13H,5-7H2,1-4H3. The van der Waals surface area contributed by atoms with Crippen molar-refractivity contribution in [2.45, 2.75) is 45.8 Å². The average Bonchev–Trinajstić information content (AvgIpc) is 3.12. The van der Waals surface area contributed by atoms with Gasteiger partial charge in [0.15, 0.2) is 0 Å². The zero-order valence-corrected chi connectivity index (χ0v) is 14.8. The third-order valence-corrected chi connectivity index (χ3v) is 6.41. The van der Waals surface area contributed by atoms with Crippen molar-refractivity contribution in [3.8, 4) is 0 Å². The van der Waals surface area contributed by atoms with Gasteiger partial charge < -0.3 is 9.64 Å². The maximum Gasteiger partial charge on any atom is 0.275 e. The molecule has 4 rings (SSSR count). The molecule has 0 bridgehead atoms. The number of nitrogens with zero attached hydrogens (tertiary/aromatic N) is 4. The van der Waals surface area contributed by atoms with Crippen LogP contribution in [0.3, 0.4) is 0 Å². The van der Waals surface area contributed by atoms with Gasteiger partial charge in [-0.2, -0.15) is 4.52 Å². The lowest BCUT2D eigenvalue weighted by molar-refractivity contribution is -0.101. The van der Waals surface area contributed by atoms with Crippen molar-refractivity contribution in [3.63, 3.8) is 0 Å². The molecule has 0 aromatic carbocycles. The van der Waals surface area contributed by atoms with Crippen LogP contribution in [-0.2, 0) is 11.2 Å². The Kier molecular flexibility index (Phi) is 3.29. The lowest BCUT2D eigenvalue weighted by atomic mass is 9.57. The quantitative estimate of drug-likeness (QED) is 0.859. The molecule has 3 unspecified atom stereocenters. The summed E-state index contributed by atoms with van der Waals surface area (Å²) >= 11 is 1.49. The van der Waals surface area contributed by atoms with E-state index in [9.17, 15) is 4.79 Å². The molecule has 124 valence electrons. The van der Waals surface area contributed by atoms with Gasteiger partial charge in [0.1, 0.15) is 0 Å².